The summed E-state index contributed by atoms with van der Waals surface area (Å²) in [7, 11) is 0. The summed E-state index contributed by atoms with van der Waals surface area (Å²) in [5.41, 5.74) is 6.02. The predicted octanol–water partition coefficient (Wildman–Crippen LogP) is 1.85. The van der Waals surface area contributed by atoms with E-state index in [-0.39, 0.29) is 12.1 Å². The lowest BCUT2D eigenvalue weighted by molar-refractivity contribution is 0.126. The van der Waals surface area contributed by atoms with Gasteiger partial charge < -0.3 is 10.5 Å². The molecule has 1 heterocycles. The average molecular weight is 239 g/mol. The van der Waals surface area contributed by atoms with Gasteiger partial charge >= 0.3 is 0 Å². The van der Waals surface area contributed by atoms with Gasteiger partial charge in [-0.15, -0.1) is 11.8 Å². The molecule has 4 nitrogen and oxygen atoms in total. The maximum Gasteiger partial charge on any atom is 0.217 e. The summed E-state index contributed by atoms with van der Waals surface area (Å²) >= 11 is 1.58. The van der Waals surface area contributed by atoms with Gasteiger partial charge in [-0.05, 0) is 25.5 Å². The molecule has 0 aliphatic heterocycles. The van der Waals surface area contributed by atoms with Gasteiger partial charge in [0.2, 0.25) is 5.88 Å². The van der Waals surface area contributed by atoms with E-state index < -0.39 is 0 Å². The van der Waals surface area contributed by atoms with Gasteiger partial charge in [0.1, 0.15) is 17.5 Å². The number of thioether (sulfide) groups is 1. The number of hydrogen-bond acceptors (Lipinski definition) is 5. The van der Waals surface area contributed by atoms with Gasteiger partial charge in [-0.1, -0.05) is 6.42 Å². The SMILES string of the molecule is CSc1cc(OC2CCCCC2N)ncn1. The minimum atomic E-state index is 0.110. The van der Waals surface area contributed by atoms with E-state index >= 15 is 0 Å². The van der Waals surface area contributed by atoms with Gasteiger partial charge in [0, 0.05) is 12.1 Å². The number of hydrogen-bond donors (Lipinski definition) is 1. The van der Waals surface area contributed by atoms with Gasteiger partial charge in [-0.2, -0.15) is 0 Å². The van der Waals surface area contributed by atoms with Crippen LogP contribution in [0.2, 0.25) is 0 Å². The van der Waals surface area contributed by atoms with E-state index in [9.17, 15) is 0 Å². The van der Waals surface area contributed by atoms with Crippen LogP contribution in [0, 0.1) is 0 Å². The molecule has 0 aromatic carbocycles. The standard InChI is InChI=1S/C11H17N3OS/c1-16-11-6-10(13-7-14-11)15-9-5-3-2-4-8(9)12/h6-9H,2-5,12H2,1H3. The Hall–Kier alpha value is -0.810. The second-order valence-electron chi connectivity index (χ2n) is 4.00. The molecule has 5 heteroatoms. The van der Waals surface area contributed by atoms with E-state index in [1.807, 2.05) is 12.3 Å². The van der Waals surface area contributed by atoms with Crippen LogP contribution in [0.3, 0.4) is 0 Å². The third-order valence-corrected chi connectivity index (χ3v) is 3.49. The Bertz CT molecular complexity index is 348. The Balaban J connectivity index is 2.01. The molecule has 1 aliphatic carbocycles. The van der Waals surface area contributed by atoms with Crippen LogP contribution in [0.5, 0.6) is 5.88 Å². The summed E-state index contributed by atoms with van der Waals surface area (Å²) in [4.78, 5) is 8.22. The highest BCUT2D eigenvalue weighted by Gasteiger charge is 2.23. The first-order chi connectivity index (χ1) is 7.79. The van der Waals surface area contributed by atoms with Crippen LogP contribution in [-0.2, 0) is 0 Å². The number of rotatable bonds is 3. The molecule has 1 aromatic heterocycles. The maximum atomic E-state index is 6.02. The van der Waals surface area contributed by atoms with E-state index in [0.717, 1.165) is 17.9 Å². The first-order valence-corrected chi connectivity index (χ1v) is 6.80. The van der Waals surface area contributed by atoms with E-state index in [4.69, 9.17) is 10.5 Å². The van der Waals surface area contributed by atoms with E-state index in [1.165, 1.54) is 19.2 Å². The third kappa shape index (κ3) is 2.86. The van der Waals surface area contributed by atoms with Crippen molar-refractivity contribution in [1.82, 2.24) is 9.97 Å². The summed E-state index contributed by atoms with van der Waals surface area (Å²) in [5, 5.41) is 0.925. The van der Waals surface area contributed by atoms with E-state index in [2.05, 4.69) is 9.97 Å². The van der Waals surface area contributed by atoms with E-state index in [1.54, 1.807) is 11.8 Å². The summed E-state index contributed by atoms with van der Waals surface area (Å²) in [6.45, 7) is 0. The fourth-order valence-corrected chi connectivity index (χ4v) is 2.30. The molecule has 2 N–H and O–H groups in total. The lowest BCUT2D eigenvalue weighted by atomic mass is 9.93. The molecule has 1 aromatic rings. The number of ether oxygens (including phenoxy) is 1. The second kappa shape index (κ2) is 5.50. The van der Waals surface area contributed by atoms with Gasteiger partial charge in [0.15, 0.2) is 0 Å². The molecule has 16 heavy (non-hydrogen) atoms. The average Bonchev–Trinajstić information content (AvgIpc) is 2.32. The van der Waals surface area contributed by atoms with Crippen molar-refractivity contribution in [2.45, 2.75) is 42.9 Å². The summed E-state index contributed by atoms with van der Waals surface area (Å²) in [6, 6.07) is 2.01. The molecule has 1 aliphatic rings. The summed E-state index contributed by atoms with van der Waals surface area (Å²) in [5.74, 6) is 0.640. The molecule has 2 rings (SSSR count). The van der Waals surface area contributed by atoms with Crippen molar-refractivity contribution in [3.8, 4) is 5.88 Å². The van der Waals surface area contributed by atoms with Crippen LogP contribution in [0.1, 0.15) is 25.7 Å². The Kier molecular flexibility index (Phi) is 4.01. The van der Waals surface area contributed by atoms with Crippen molar-refractivity contribution >= 4 is 11.8 Å². The molecule has 0 spiro atoms. The molecule has 1 fully saturated rings. The predicted molar refractivity (Wildman–Crippen MR) is 64.7 cm³/mol. The van der Waals surface area contributed by atoms with Gasteiger partial charge in [0.25, 0.3) is 0 Å². The Morgan fingerprint density at radius 3 is 2.94 bits per heavy atom. The first-order valence-electron chi connectivity index (χ1n) is 5.58. The molecular weight excluding hydrogens is 222 g/mol. The number of aromatic nitrogens is 2. The largest absolute Gasteiger partial charge is 0.473 e. The third-order valence-electron chi connectivity index (χ3n) is 2.85. The van der Waals surface area contributed by atoms with Crippen LogP contribution >= 0.6 is 11.8 Å². The highest BCUT2D eigenvalue weighted by molar-refractivity contribution is 7.98. The molecule has 88 valence electrons. The van der Waals surface area contributed by atoms with Crippen LogP contribution in [0.15, 0.2) is 17.4 Å². The van der Waals surface area contributed by atoms with Gasteiger partial charge in [-0.25, -0.2) is 9.97 Å². The van der Waals surface area contributed by atoms with Crippen LogP contribution in [-0.4, -0.2) is 28.4 Å². The van der Waals surface area contributed by atoms with Gasteiger partial charge in [-0.3, -0.25) is 0 Å². The minimum absolute atomic E-state index is 0.110. The van der Waals surface area contributed by atoms with Crippen LogP contribution in [0.4, 0.5) is 0 Å². The fourth-order valence-electron chi connectivity index (χ4n) is 1.93. The molecule has 2 unspecified atom stereocenters. The zero-order chi connectivity index (χ0) is 11.4. The zero-order valence-corrected chi connectivity index (χ0v) is 10.2. The van der Waals surface area contributed by atoms with Crippen LogP contribution < -0.4 is 10.5 Å². The summed E-state index contributed by atoms with van der Waals surface area (Å²) in [6.07, 6.45) is 8.11. The molecular formula is C11H17N3OS. The Labute approximate surface area is 100.0 Å². The van der Waals surface area contributed by atoms with Gasteiger partial charge in [0.05, 0.1) is 0 Å². The summed E-state index contributed by atoms with van der Waals surface area (Å²) < 4.78 is 5.82. The Morgan fingerprint density at radius 1 is 1.38 bits per heavy atom. The highest BCUT2D eigenvalue weighted by Crippen LogP contribution is 2.23. The van der Waals surface area contributed by atoms with Crippen molar-refractivity contribution < 1.29 is 4.74 Å². The zero-order valence-electron chi connectivity index (χ0n) is 9.43. The molecule has 0 radical (unpaired) electrons. The van der Waals surface area contributed by atoms with Crippen molar-refractivity contribution in [2.75, 3.05) is 6.26 Å². The van der Waals surface area contributed by atoms with Crippen molar-refractivity contribution in [1.29, 1.82) is 0 Å². The molecule has 0 bridgehead atoms. The highest BCUT2D eigenvalue weighted by atomic mass is 32.2. The fraction of sp³-hybridized carbons (Fsp3) is 0.636. The van der Waals surface area contributed by atoms with E-state index in [0.29, 0.717) is 5.88 Å². The topological polar surface area (TPSA) is 61.0 Å². The lowest BCUT2D eigenvalue weighted by Gasteiger charge is -2.28. The first kappa shape index (κ1) is 11.7. The van der Waals surface area contributed by atoms with Crippen LogP contribution in [0.25, 0.3) is 0 Å². The smallest absolute Gasteiger partial charge is 0.217 e. The minimum Gasteiger partial charge on any atom is -0.473 e. The molecule has 0 amide bonds. The Morgan fingerprint density at radius 2 is 2.19 bits per heavy atom. The second-order valence-corrected chi connectivity index (χ2v) is 4.83. The molecule has 1 saturated carbocycles. The monoisotopic (exact) mass is 239 g/mol. The van der Waals surface area contributed by atoms with Crippen molar-refractivity contribution in [3.63, 3.8) is 0 Å². The number of nitrogens with two attached hydrogens (primary N) is 1. The quantitative estimate of drug-likeness (QED) is 0.644. The molecule has 0 saturated heterocycles. The van der Waals surface area contributed by atoms with Crippen molar-refractivity contribution in [2.24, 2.45) is 5.73 Å². The lowest BCUT2D eigenvalue weighted by Crippen LogP contribution is -2.41. The van der Waals surface area contributed by atoms with Crippen molar-refractivity contribution in [3.05, 3.63) is 12.4 Å². The molecule has 2 atom stereocenters. The normalized spacial score (nSPS) is 25.4. The number of nitrogens with zero attached hydrogens (tertiary/aromatic N) is 2. The maximum absolute atomic E-state index is 6.02.